The van der Waals surface area contributed by atoms with E-state index in [4.69, 9.17) is 0 Å². The summed E-state index contributed by atoms with van der Waals surface area (Å²) in [5.74, 6) is -0.799. The van der Waals surface area contributed by atoms with Crippen LogP contribution < -0.4 is 0 Å². The van der Waals surface area contributed by atoms with Gasteiger partial charge in [0.05, 0.1) is 0 Å². The molecule has 6 heteroatoms. The Bertz CT molecular complexity index is 332. The van der Waals surface area contributed by atoms with Gasteiger partial charge in [-0.05, 0) is 22.0 Å². The molecule has 1 aromatic rings. The van der Waals surface area contributed by atoms with E-state index in [-0.39, 0.29) is 6.42 Å². The van der Waals surface area contributed by atoms with Gasteiger partial charge in [0.25, 0.3) is 0 Å². The molecule has 0 aliphatic heterocycles. The Morgan fingerprint density at radius 1 is 1.50 bits per heavy atom. The zero-order valence-electron chi connectivity index (χ0n) is 6.90. The van der Waals surface area contributed by atoms with Crippen LogP contribution in [-0.2, 0) is 11.2 Å². The van der Waals surface area contributed by atoms with Gasteiger partial charge in [-0.1, -0.05) is 0 Å². The number of hydrogen-bond acceptors (Lipinski definition) is 2. The number of carbonyl (C=O) groups is 1. The molecule has 1 nitrogen and oxygen atoms in total. The van der Waals surface area contributed by atoms with Crippen LogP contribution in [0, 0.1) is 0 Å². The Balaban J connectivity index is 2.50. The Hall–Kier alpha value is -0.360. The molecule has 78 valence electrons. The molecule has 0 aromatic carbocycles. The van der Waals surface area contributed by atoms with Gasteiger partial charge >= 0.3 is 6.18 Å². The summed E-state index contributed by atoms with van der Waals surface area (Å²) in [5.41, 5.74) is 0. The first kappa shape index (κ1) is 11.7. The molecule has 0 aliphatic carbocycles. The fraction of sp³-hybridized carbons (Fsp3) is 0.375. The van der Waals surface area contributed by atoms with Crippen LogP contribution in [0.15, 0.2) is 15.9 Å². The molecule has 0 aliphatic rings. The van der Waals surface area contributed by atoms with Gasteiger partial charge in [0.1, 0.15) is 12.2 Å². The highest BCUT2D eigenvalue weighted by molar-refractivity contribution is 9.10. The van der Waals surface area contributed by atoms with E-state index in [2.05, 4.69) is 15.9 Å². The van der Waals surface area contributed by atoms with Gasteiger partial charge < -0.3 is 0 Å². The van der Waals surface area contributed by atoms with Crippen LogP contribution in [0.25, 0.3) is 0 Å². The lowest BCUT2D eigenvalue weighted by Crippen LogP contribution is -2.16. The molecular weight excluding hydrogens is 281 g/mol. The molecule has 0 amide bonds. The van der Waals surface area contributed by atoms with Crippen molar-refractivity contribution in [2.75, 3.05) is 0 Å². The molecule has 0 saturated carbocycles. The van der Waals surface area contributed by atoms with Gasteiger partial charge in [0, 0.05) is 21.2 Å². The monoisotopic (exact) mass is 286 g/mol. The van der Waals surface area contributed by atoms with E-state index >= 15 is 0 Å². The number of hydrogen-bond donors (Lipinski definition) is 0. The molecule has 0 unspecified atom stereocenters. The molecule has 0 atom stereocenters. The highest BCUT2D eigenvalue weighted by Gasteiger charge is 2.30. The first-order chi connectivity index (χ1) is 6.37. The summed E-state index contributed by atoms with van der Waals surface area (Å²) >= 11 is 4.43. The van der Waals surface area contributed by atoms with Gasteiger partial charge in [-0.3, -0.25) is 4.79 Å². The van der Waals surface area contributed by atoms with Crippen LogP contribution >= 0.6 is 27.3 Å². The van der Waals surface area contributed by atoms with Crippen molar-refractivity contribution in [1.29, 1.82) is 0 Å². The SMILES string of the molecule is O=C(Cc1cc(Br)cs1)CC(F)(F)F. The Labute approximate surface area is 91.1 Å². The van der Waals surface area contributed by atoms with Crippen LogP contribution in [0.3, 0.4) is 0 Å². The van der Waals surface area contributed by atoms with Crippen molar-refractivity contribution < 1.29 is 18.0 Å². The van der Waals surface area contributed by atoms with E-state index in [0.29, 0.717) is 4.88 Å². The average Bonchev–Trinajstić information content (AvgIpc) is 2.30. The summed E-state index contributed by atoms with van der Waals surface area (Å²) in [6, 6.07) is 1.65. The predicted octanol–water partition coefficient (Wildman–Crippen LogP) is 3.57. The highest BCUT2D eigenvalue weighted by Crippen LogP contribution is 2.24. The van der Waals surface area contributed by atoms with Crippen molar-refractivity contribution >= 4 is 33.0 Å². The molecule has 0 fully saturated rings. The van der Waals surface area contributed by atoms with Crippen molar-refractivity contribution in [2.24, 2.45) is 0 Å². The molecule has 0 saturated heterocycles. The number of Topliss-reactive ketones (excluding diaryl/α,β-unsaturated/α-hetero) is 1. The smallest absolute Gasteiger partial charge is 0.299 e. The van der Waals surface area contributed by atoms with E-state index in [1.54, 1.807) is 11.4 Å². The lowest BCUT2D eigenvalue weighted by molar-refractivity contribution is -0.151. The van der Waals surface area contributed by atoms with Crippen LogP contribution in [0.4, 0.5) is 13.2 Å². The number of rotatable bonds is 3. The van der Waals surface area contributed by atoms with Crippen LogP contribution in [0.1, 0.15) is 11.3 Å². The van der Waals surface area contributed by atoms with Crippen molar-refractivity contribution in [3.63, 3.8) is 0 Å². The molecule has 0 N–H and O–H groups in total. The summed E-state index contributed by atoms with van der Waals surface area (Å²) < 4.78 is 36.2. The topological polar surface area (TPSA) is 17.1 Å². The second kappa shape index (κ2) is 4.44. The molecule has 1 aromatic heterocycles. The van der Waals surface area contributed by atoms with Gasteiger partial charge in [0.2, 0.25) is 0 Å². The maximum Gasteiger partial charge on any atom is 0.395 e. The molecule has 0 spiro atoms. The van der Waals surface area contributed by atoms with E-state index < -0.39 is 18.4 Å². The van der Waals surface area contributed by atoms with Crippen LogP contribution in [0.5, 0.6) is 0 Å². The predicted molar refractivity (Wildman–Crippen MR) is 51.4 cm³/mol. The fourth-order valence-corrected chi connectivity index (χ4v) is 2.41. The van der Waals surface area contributed by atoms with E-state index in [0.717, 1.165) is 4.47 Å². The van der Waals surface area contributed by atoms with Crippen molar-refractivity contribution in [3.8, 4) is 0 Å². The number of halogens is 4. The van der Waals surface area contributed by atoms with Gasteiger partial charge in [-0.15, -0.1) is 11.3 Å². The van der Waals surface area contributed by atoms with Crippen LogP contribution in [0.2, 0.25) is 0 Å². The molecule has 14 heavy (non-hydrogen) atoms. The van der Waals surface area contributed by atoms with Crippen molar-refractivity contribution in [2.45, 2.75) is 19.0 Å². The van der Waals surface area contributed by atoms with Gasteiger partial charge in [0.15, 0.2) is 0 Å². The van der Waals surface area contributed by atoms with Crippen molar-refractivity contribution in [1.82, 2.24) is 0 Å². The maximum atomic E-state index is 11.8. The quantitative estimate of drug-likeness (QED) is 0.830. The third-order valence-electron chi connectivity index (χ3n) is 1.39. The van der Waals surface area contributed by atoms with E-state index in [1.165, 1.54) is 11.3 Å². The molecule has 1 rings (SSSR count). The first-order valence-corrected chi connectivity index (χ1v) is 5.35. The van der Waals surface area contributed by atoms with E-state index in [9.17, 15) is 18.0 Å². The molecule has 0 radical (unpaired) electrons. The Morgan fingerprint density at radius 3 is 2.57 bits per heavy atom. The normalized spacial score (nSPS) is 11.7. The summed E-state index contributed by atoms with van der Waals surface area (Å²) in [7, 11) is 0. The largest absolute Gasteiger partial charge is 0.395 e. The minimum absolute atomic E-state index is 0.143. The second-order valence-corrected chi connectivity index (χ2v) is 4.65. The summed E-state index contributed by atoms with van der Waals surface area (Å²) in [6.45, 7) is 0. The highest BCUT2D eigenvalue weighted by atomic mass is 79.9. The minimum Gasteiger partial charge on any atom is -0.299 e. The molecule has 1 heterocycles. The number of thiophene rings is 1. The lowest BCUT2D eigenvalue weighted by atomic mass is 10.2. The summed E-state index contributed by atoms with van der Waals surface area (Å²) in [6.07, 6.45) is -5.89. The maximum absolute atomic E-state index is 11.8. The van der Waals surface area contributed by atoms with Gasteiger partial charge in [-0.25, -0.2) is 0 Å². The zero-order chi connectivity index (χ0) is 10.8. The summed E-state index contributed by atoms with van der Waals surface area (Å²) in [4.78, 5) is 11.6. The van der Waals surface area contributed by atoms with E-state index in [1.807, 2.05) is 0 Å². The lowest BCUT2D eigenvalue weighted by Gasteiger charge is -2.03. The standard InChI is InChI=1S/C8H6BrF3OS/c9-5-1-7(14-4-5)2-6(13)3-8(10,11)12/h1,4H,2-3H2. The molecular formula is C8H6BrF3OS. The Kier molecular flexibility index (Phi) is 3.71. The van der Waals surface area contributed by atoms with Gasteiger partial charge in [-0.2, -0.15) is 13.2 Å². The first-order valence-electron chi connectivity index (χ1n) is 3.68. The average molecular weight is 287 g/mol. The second-order valence-electron chi connectivity index (χ2n) is 2.74. The Morgan fingerprint density at radius 2 is 2.14 bits per heavy atom. The number of ketones is 1. The van der Waals surface area contributed by atoms with Crippen molar-refractivity contribution in [3.05, 3.63) is 20.8 Å². The fourth-order valence-electron chi connectivity index (χ4n) is 0.927. The minimum atomic E-state index is -4.40. The number of carbonyl (C=O) groups excluding carboxylic acids is 1. The third-order valence-corrected chi connectivity index (χ3v) is 3.09. The number of alkyl halides is 3. The zero-order valence-corrected chi connectivity index (χ0v) is 9.30. The summed E-state index contributed by atoms with van der Waals surface area (Å²) in [5, 5.41) is 1.73. The molecule has 0 bridgehead atoms. The third kappa shape index (κ3) is 4.23. The van der Waals surface area contributed by atoms with Crippen LogP contribution in [-0.4, -0.2) is 12.0 Å².